The lowest BCUT2D eigenvalue weighted by Gasteiger charge is -2.11. The molecule has 0 bridgehead atoms. The maximum Gasteiger partial charge on any atom is 0.274 e. The molecule has 7 heteroatoms. The van der Waals surface area contributed by atoms with Crippen molar-refractivity contribution in [2.45, 2.75) is 6.92 Å². The van der Waals surface area contributed by atoms with Crippen LogP contribution in [0.15, 0.2) is 66.9 Å². The number of nitrogens with zero attached hydrogens (tertiary/aromatic N) is 1. The molecule has 7 nitrogen and oxygen atoms in total. The summed E-state index contributed by atoms with van der Waals surface area (Å²) in [6.07, 6.45) is 1.42. The van der Waals surface area contributed by atoms with Crippen LogP contribution < -0.4 is 20.1 Å². The zero-order chi connectivity index (χ0) is 20.6. The lowest BCUT2D eigenvalue weighted by atomic mass is 10.2. The molecule has 0 fully saturated rings. The number of aromatic nitrogens is 1. The van der Waals surface area contributed by atoms with Gasteiger partial charge in [0.25, 0.3) is 11.8 Å². The van der Waals surface area contributed by atoms with Gasteiger partial charge in [0.15, 0.2) is 0 Å². The van der Waals surface area contributed by atoms with Gasteiger partial charge in [-0.3, -0.25) is 14.6 Å². The van der Waals surface area contributed by atoms with Crippen molar-refractivity contribution in [3.05, 3.63) is 78.1 Å². The molecule has 3 aromatic rings. The number of para-hydroxylation sites is 2. The third-order valence-electron chi connectivity index (χ3n) is 4.02. The monoisotopic (exact) mass is 391 g/mol. The number of methoxy groups -OCH3 is 1. The molecule has 2 N–H and O–H groups in total. The molecule has 0 aliphatic rings. The third kappa shape index (κ3) is 5.10. The molecule has 2 amide bonds. The van der Waals surface area contributed by atoms with Crippen molar-refractivity contribution in [1.82, 2.24) is 4.98 Å². The first-order valence-electron chi connectivity index (χ1n) is 9.05. The number of nitrogens with one attached hydrogen (secondary N) is 2. The van der Waals surface area contributed by atoms with E-state index in [0.717, 1.165) is 0 Å². The predicted molar refractivity (Wildman–Crippen MR) is 111 cm³/mol. The molecule has 0 spiro atoms. The van der Waals surface area contributed by atoms with E-state index in [9.17, 15) is 9.59 Å². The Morgan fingerprint density at radius 1 is 0.966 bits per heavy atom. The molecule has 1 heterocycles. The number of anilines is 2. The molecule has 0 unspecified atom stereocenters. The first-order valence-corrected chi connectivity index (χ1v) is 9.05. The van der Waals surface area contributed by atoms with Crippen molar-refractivity contribution in [2.75, 3.05) is 24.4 Å². The van der Waals surface area contributed by atoms with Gasteiger partial charge in [-0.25, -0.2) is 0 Å². The molecule has 29 heavy (non-hydrogen) atoms. The molecule has 0 saturated carbocycles. The number of rotatable bonds is 7. The fourth-order valence-corrected chi connectivity index (χ4v) is 2.64. The van der Waals surface area contributed by atoms with E-state index < -0.39 is 5.91 Å². The van der Waals surface area contributed by atoms with Crippen molar-refractivity contribution in [3.8, 4) is 11.5 Å². The molecule has 0 saturated heterocycles. The number of hydrogen-bond donors (Lipinski definition) is 2. The molecule has 0 aliphatic carbocycles. The lowest BCUT2D eigenvalue weighted by molar-refractivity contribution is 0.102. The molecule has 148 valence electrons. The van der Waals surface area contributed by atoms with E-state index >= 15 is 0 Å². The Hall–Kier alpha value is -3.87. The summed E-state index contributed by atoms with van der Waals surface area (Å²) in [6, 6.07) is 17.1. The van der Waals surface area contributed by atoms with Gasteiger partial charge in [-0.2, -0.15) is 0 Å². The second kappa shape index (κ2) is 9.36. The smallest absolute Gasteiger partial charge is 0.274 e. The largest absolute Gasteiger partial charge is 0.497 e. The topological polar surface area (TPSA) is 89.5 Å². The van der Waals surface area contributed by atoms with Gasteiger partial charge in [-0.1, -0.05) is 18.2 Å². The van der Waals surface area contributed by atoms with Crippen LogP contribution in [0.3, 0.4) is 0 Å². The van der Waals surface area contributed by atoms with Crippen LogP contribution in [0.4, 0.5) is 11.4 Å². The first-order chi connectivity index (χ1) is 14.1. The highest BCUT2D eigenvalue weighted by Crippen LogP contribution is 2.24. The molecule has 2 aromatic carbocycles. The minimum Gasteiger partial charge on any atom is -0.497 e. The quantitative estimate of drug-likeness (QED) is 0.636. The van der Waals surface area contributed by atoms with Gasteiger partial charge in [-0.15, -0.1) is 0 Å². The zero-order valence-electron chi connectivity index (χ0n) is 16.1. The Morgan fingerprint density at radius 3 is 2.59 bits per heavy atom. The second-order valence-electron chi connectivity index (χ2n) is 6.00. The number of pyridine rings is 1. The molecular weight excluding hydrogens is 370 g/mol. The van der Waals surface area contributed by atoms with E-state index in [-0.39, 0.29) is 11.6 Å². The predicted octanol–water partition coefficient (Wildman–Crippen LogP) is 3.99. The third-order valence-corrected chi connectivity index (χ3v) is 4.02. The van der Waals surface area contributed by atoms with Crippen LogP contribution in [0, 0.1) is 0 Å². The fraction of sp³-hybridized carbons (Fsp3) is 0.136. The summed E-state index contributed by atoms with van der Waals surface area (Å²) in [4.78, 5) is 29.2. The maximum atomic E-state index is 12.6. The lowest BCUT2D eigenvalue weighted by Crippen LogP contribution is -2.17. The van der Waals surface area contributed by atoms with Crippen molar-refractivity contribution >= 4 is 23.2 Å². The van der Waals surface area contributed by atoms with Gasteiger partial charge < -0.3 is 20.1 Å². The summed E-state index contributed by atoms with van der Waals surface area (Å²) < 4.78 is 10.7. The summed E-state index contributed by atoms with van der Waals surface area (Å²) in [7, 11) is 1.55. The van der Waals surface area contributed by atoms with Crippen LogP contribution in [-0.2, 0) is 0 Å². The van der Waals surface area contributed by atoms with E-state index in [2.05, 4.69) is 15.6 Å². The summed E-state index contributed by atoms with van der Waals surface area (Å²) >= 11 is 0. The number of benzene rings is 2. The Kier molecular flexibility index (Phi) is 6.42. The van der Waals surface area contributed by atoms with E-state index in [4.69, 9.17) is 9.47 Å². The second-order valence-corrected chi connectivity index (χ2v) is 6.00. The number of hydrogen-bond acceptors (Lipinski definition) is 5. The van der Waals surface area contributed by atoms with Crippen molar-refractivity contribution < 1.29 is 19.1 Å². The Morgan fingerprint density at radius 2 is 1.79 bits per heavy atom. The molecule has 3 rings (SSSR count). The maximum absolute atomic E-state index is 12.6. The van der Waals surface area contributed by atoms with Crippen molar-refractivity contribution in [1.29, 1.82) is 0 Å². The van der Waals surface area contributed by atoms with Gasteiger partial charge in [-0.05, 0) is 43.3 Å². The van der Waals surface area contributed by atoms with Gasteiger partial charge in [0.2, 0.25) is 0 Å². The van der Waals surface area contributed by atoms with E-state index in [0.29, 0.717) is 35.0 Å². The standard InChI is InChI=1S/C22H21N3O4/c1-3-29-20-10-5-4-9-18(20)25-21(26)15-11-12-23-19(13-15)22(27)24-16-7-6-8-17(14-16)28-2/h4-14H,3H2,1-2H3,(H,24,27)(H,25,26). The van der Waals surface area contributed by atoms with Gasteiger partial charge in [0.05, 0.1) is 19.4 Å². The highest BCUT2D eigenvalue weighted by atomic mass is 16.5. The number of ether oxygens (including phenoxy) is 2. The van der Waals surface area contributed by atoms with Crippen LogP contribution in [-0.4, -0.2) is 30.5 Å². The van der Waals surface area contributed by atoms with Crippen LogP contribution in [0.1, 0.15) is 27.8 Å². The molecule has 1 aromatic heterocycles. The molecule has 0 radical (unpaired) electrons. The van der Waals surface area contributed by atoms with Gasteiger partial charge >= 0.3 is 0 Å². The summed E-state index contributed by atoms with van der Waals surface area (Å²) in [5.41, 5.74) is 1.55. The average Bonchev–Trinajstić information content (AvgIpc) is 2.75. The molecule has 0 aliphatic heterocycles. The summed E-state index contributed by atoms with van der Waals surface area (Å²) in [5.74, 6) is 0.405. The number of carbonyl (C=O) groups is 2. The van der Waals surface area contributed by atoms with Crippen LogP contribution in [0.25, 0.3) is 0 Å². The van der Waals surface area contributed by atoms with Crippen molar-refractivity contribution in [2.24, 2.45) is 0 Å². The molecular formula is C22H21N3O4. The Bertz CT molecular complexity index is 1020. The van der Waals surface area contributed by atoms with E-state index in [1.807, 2.05) is 13.0 Å². The normalized spacial score (nSPS) is 10.1. The van der Waals surface area contributed by atoms with Crippen LogP contribution in [0.5, 0.6) is 11.5 Å². The van der Waals surface area contributed by atoms with Crippen molar-refractivity contribution in [3.63, 3.8) is 0 Å². The van der Waals surface area contributed by atoms with Crippen LogP contribution in [0.2, 0.25) is 0 Å². The first kappa shape index (κ1) is 19.9. The van der Waals surface area contributed by atoms with Gasteiger partial charge in [0, 0.05) is 23.5 Å². The Labute approximate surface area is 168 Å². The SMILES string of the molecule is CCOc1ccccc1NC(=O)c1ccnc(C(=O)Nc2cccc(OC)c2)c1. The van der Waals surface area contributed by atoms with E-state index in [1.165, 1.54) is 12.3 Å². The summed E-state index contributed by atoms with van der Waals surface area (Å²) in [6.45, 7) is 2.35. The minimum absolute atomic E-state index is 0.124. The molecule has 0 atom stereocenters. The van der Waals surface area contributed by atoms with Gasteiger partial charge in [0.1, 0.15) is 17.2 Å². The van der Waals surface area contributed by atoms with E-state index in [1.54, 1.807) is 55.6 Å². The summed E-state index contributed by atoms with van der Waals surface area (Å²) in [5, 5.41) is 5.54. The highest BCUT2D eigenvalue weighted by Gasteiger charge is 2.14. The average molecular weight is 391 g/mol. The minimum atomic E-state index is -0.428. The number of amides is 2. The zero-order valence-corrected chi connectivity index (χ0v) is 16.1. The Balaban J connectivity index is 1.75. The van der Waals surface area contributed by atoms with Crippen LogP contribution >= 0.6 is 0 Å². The fourth-order valence-electron chi connectivity index (χ4n) is 2.64. The highest BCUT2D eigenvalue weighted by molar-refractivity contribution is 6.08. The number of carbonyl (C=O) groups excluding carboxylic acids is 2.